The predicted molar refractivity (Wildman–Crippen MR) is 48.9 cm³/mol. The zero-order valence-corrected chi connectivity index (χ0v) is 7.39. The summed E-state index contributed by atoms with van der Waals surface area (Å²) in [5.41, 5.74) is 5.51. The third-order valence-electron chi connectivity index (χ3n) is 2.14. The Kier molecular flexibility index (Phi) is 2.21. The number of fused-ring (bicyclic) bond motifs is 1. The van der Waals surface area contributed by atoms with Crippen LogP contribution in [-0.2, 0) is 6.42 Å². The van der Waals surface area contributed by atoms with Gasteiger partial charge >= 0.3 is 0 Å². The summed E-state index contributed by atoms with van der Waals surface area (Å²) in [7, 11) is 0. The van der Waals surface area contributed by atoms with E-state index in [0.29, 0.717) is 5.39 Å². The third-order valence-corrected chi connectivity index (χ3v) is 2.14. The molecule has 0 amide bonds. The van der Waals surface area contributed by atoms with Crippen molar-refractivity contribution < 1.29 is 13.2 Å². The molecule has 0 saturated carbocycles. The topological polar surface area (TPSA) is 39.2 Å². The van der Waals surface area contributed by atoms with Gasteiger partial charge in [0.1, 0.15) is 17.2 Å². The first-order valence-corrected chi connectivity index (χ1v) is 4.28. The van der Waals surface area contributed by atoms with Gasteiger partial charge in [-0.15, -0.1) is 0 Å². The van der Waals surface area contributed by atoms with Crippen molar-refractivity contribution >= 4 is 11.0 Å². The summed E-state index contributed by atoms with van der Waals surface area (Å²) < 4.78 is 31.8. The number of hydrogen-bond acceptors (Lipinski definition) is 2. The van der Waals surface area contributed by atoms with Crippen molar-refractivity contribution in [1.82, 2.24) is 0 Å². The molecule has 0 radical (unpaired) electrons. The zero-order chi connectivity index (χ0) is 10.1. The van der Waals surface area contributed by atoms with Gasteiger partial charge in [-0.2, -0.15) is 0 Å². The summed E-state index contributed by atoms with van der Waals surface area (Å²) in [5.74, 6) is -1.17. The molecule has 0 unspecified atom stereocenters. The van der Waals surface area contributed by atoms with Gasteiger partial charge in [-0.25, -0.2) is 8.78 Å². The van der Waals surface area contributed by atoms with Crippen molar-refractivity contribution in [2.75, 3.05) is 6.54 Å². The lowest BCUT2D eigenvalue weighted by atomic mass is 10.1. The fraction of sp³-hybridized carbons (Fsp3) is 0.200. The van der Waals surface area contributed by atoms with Crippen molar-refractivity contribution in [3.8, 4) is 0 Å². The minimum Gasteiger partial charge on any atom is -0.464 e. The first kappa shape index (κ1) is 9.15. The molecular weight excluding hydrogens is 188 g/mol. The summed E-state index contributed by atoms with van der Waals surface area (Å²) in [4.78, 5) is 0. The van der Waals surface area contributed by atoms with Crippen LogP contribution in [0, 0.1) is 11.6 Å². The maximum Gasteiger partial charge on any atom is 0.140 e. The van der Waals surface area contributed by atoms with E-state index in [1.807, 2.05) is 0 Å². The van der Waals surface area contributed by atoms with Crippen LogP contribution in [0.15, 0.2) is 22.8 Å². The molecule has 0 atom stereocenters. The van der Waals surface area contributed by atoms with Gasteiger partial charge in [0.05, 0.1) is 11.6 Å². The normalized spacial score (nSPS) is 11.1. The molecule has 0 aliphatic carbocycles. The van der Waals surface area contributed by atoms with Crippen LogP contribution >= 0.6 is 0 Å². The number of benzene rings is 1. The largest absolute Gasteiger partial charge is 0.464 e. The van der Waals surface area contributed by atoms with Crippen LogP contribution < -0.4 is 5.73 Å². The fourth-order valence-electron chi connectivity index (χ4n) is 1.46. The number of furan rings is 1. The molecular formula is C10H9F2NO. The lowest BCUT2D eigenvalue weighted by Gasteiger charge is -2.03. The second-order valence-electron chi connectivity index (χ2n) is 3.02. The van der Waals surface area contributed by atoms with E-state index in [1.165, 1.54) is 18.4 Å². The van der Waals surface area contributed by atoms with E-state index in [4.69, 9.17) is 10.2 Å². The number of rotatable bonds is 2. The Morgan fingerprint density at radius 3 is 2.86 bits per heavy atom. The molecule has 0 fully saturated rings. The molecule has 2 N–H and O–H groups in total. The average molecular weight is 197 g/mol. The Bertz CT molecular complexity index is 464. The monoisotopic (exact) mass is 197 g/mol. The van der Waals surface area contributed by atoms with E-state index in [0.717, 1.165) is 0 Å². The summed E-state index contributed by atoms with van der Waals surface area (Å²) in [6, 6.07) is 2.66. The maximum absolute atomic E-state index is 13.6. The van der Waals surface area contributed by atoms with E-state index < -0.39 is 11.6 Å². The Labute approximate surface area is 79.3 Å². The zero-order valence-electron chi connectivity index (χ0n) is 7.39. The van der Waals surface area contributed by atoms with Crippen LogP contribution in [0.1, 0.15) is 5.56 Å². The summed E-state index contributed by atoms with van der Waals surface area (Å²) in [5, 5.41) is 0.301. The third kappa shape index (κ3) is 1.28. The SMILES string of the molecule is NCCc1c(F)cc2occc2c1F. The molecule has 2 rings (SSSR count). The van der Waals surface area contributed by atoms with Crippen molar-refractivity contribution in [1.29, 1.82) is 0 Å². The number of halogens is 2. The van der Waals surface area contributed by atoms with Gasteiger partial charge in [-0.05, 0) is 19.0 Å². The Balaban J connectivity index is 2.69. The molecule has 0 aliphatic heterocycles. The highest BCUT2D eigenvalue weighted by molar-refractivity contribution is 5.78. The second kappa shape index (κ2) is 3.38. The summed E-state index contributed by atoms with van der Waals surface area (Å²) in [6.07, 6.45) is 1.53. The number of hydrogen-bond donors (Lipinski definition) is 1. The standard InChI is InChI=1S/C10H9F2NO/c11-8-5-9-7(2-4-14-9)10(12)6(8)1-3-13/h2,4-5H,1,3,13H2. The van der Waals surface area contributed by atoms with Crippen molar-refractivity contribution in [2.45, 2.75) is 6.42 Å². The molecule has 1 heterocycles. The second-order valence-corrected chi connectivity index (χ2v) is 3.02. The van der Waals surface area contributed by atoms with E-state index in [2.05, 4.69) is 0 Å². The van der Waals surface area contributed by atoms with Crippen molar-refractivity contribution in [3.05, 3.63) is 35.6 Å². The molecule has 1 aromatic carbocycles. The van der Waals surface area contributed by atoms with E-state index in [9.17, 15) is 8.78 Å². The van der Waals surface area contributed by atoms with E-state index in [-0.39, 0.29) is 24.1 Å². The molecule has 0 saturated heterocycles. The van der Waals surface area contributed by atoms with E-state index in [1.54, 1.807) is 0 Å². The average Bonchev–Trinajstić information content (AvgIpc) is 2.60. The first-order chi connectivity index (χ1) is 6.74. The highest BCUT2D eigenvalue weighted by Gasteiger charge is 2.14. The predicted octanol–water partition coefficient (Wildman–Crippen LogP) is 2.21. The van der Waals surface area contributed by atoms with Gasteiger partial charge in [0.25, 0.3) is 0 Å². The van der Waals surface area contributed by atoms with Gasteiger partial charge in [0.2, 0.25) is 0 Å². The Hall–Kier alpha value is -1.42. The smallest absolute Gasteiger partial charge is 0.140 e. The van der Waals surface area contributed by atoms with Crippen molar-refractivity contribution in [3.63, 3.8) is 0 Å². The maximum atomic E-state index is 13.6. The molecule has 1 aromatic heterocycles. The minimum atomic E-state index is -0.601. The van der Waals surface area contributed by atoms with Gasteiger partial charge in [-0.3, -0.25) is 0 Å². The van der Waals surface area contributed by atoms with Crippen LogP contribution in [0.2, 0.25) is 0 Å². The molecule has 0 aliphatic rings. The fourth-order valence-corrected chi connectivity index (χ4v) is 1.46. The van der Waals surface area contributed by atoms with Gasteiger partial charge in [0.15, 0.2) is 0 Å². The lowest BCUT2D eigenvalue weighted by Crippen LogP contribution is -2.06. The van der Waals surface area contributed by atoms with Crippen LogP contribution in [0.5, 0.6) is 0 Å². The molecule has 2 aromatic rings. The molecule has 0 bridgehead atoms. The molecule has 4 heteroatoms. The van der Waals surface area contributed by atoms with Crippen LogP contribution in [-0.4, -0.2) is 6.54 Å². The molecule has 74 valence electrons. The van der Waals surface area contributed by atoms with Gasteiger partial charge in [-0.1, -0.05) is 0 Å². The molecule has 0 spiro atoms. The Morgan fingerprint density at radius 1 is 1.36 bits per heavy atom. The highest BCUT2D eigenvalue weighted by Crippen LogP contribution is 2.24. The summed E-state index contributed by atoms with van der Waals surface area (Å²) in [6.45, 7) is 0.219. The lowest BCUT2D eigenvalue weighted by molar-refractivity contribution is 0.555. The quantitative estimate of drug-likeness (QED) is 0.801. The van der Waals surface area contributed by atoms with E-state index >= 15 is 0 Å². The van der Waals surface area contributed by atoms with Crippen LogP contribution in [0.25, 0.3) is 11.0 Å². The minimum absolute atomic E-state index is 0.0291. The molecule has 2 nitrogen and oxygen atoms in total. The highest BCUT2D eigenvalue weighted by atomic mass is 19.1. The van der Waals surface area contributed by atoms with Crippen LogP contribution in [0.3, 0.4) is 0 Å². The first-order valence-electron chi connectivity index (χ1n) is 4.28. The number of nitrogens with two attached hydrogens (primary N) is 1. The van der Waals surface area contributed by atoms with Crippen LogP contribution in [0.4, 0.5) is 8.78 Å². The summed E-state index contributed by atoms with van der Waals surface area (Å²) >= 11 is 0. The van der Waals surface area contributed by atoms with Gasteiger partial charge < -0.3 is 10.2 Å². The molecule has 14 heavy (non-hydrogen) atoms. The van der Waals surface area contributed by atoms with Crippen molar-refractivity contribution in [2.24, 2.45) is 5.73 Å². The Morgan fingerprint density at radius 2 is 2.14 bits per heavy atom. The van der Waals surface area contributed by atoms with Gasteiger partial charge in [0, 0.05) is 11.6 Å².